The van der Waals surface area contributed by atoms with E-state index in [9.17, 15) is 0 Å². The van der Waals surface area contributed by atoms with Gasteiger partial charge in [-0.2, -0.15) is 0 Å². The van der Waals surface area contributed by atoms with Crippen LogP contribution in [0.15, 0.2) is 28.9 Å². The minimum absolute atomic E-state index is 1.11. The molecule has 0 aliphatic carbocycles. The summed E-state index contributed by atoms with van der Waals surface area (Å²) in [5.41, 5.74) is 2.63. The molecule has 0 atom stereocenters. The Kier molecular flexibility index (Phi) is 4.84. The third-order valence-corrected chi connectivity index (χ3v) is 4.08. The molecule has 2 nitrogen and oxygen atoms in total. The highest BCUT2D eigenvalue weighted by Crippen LogP contribution is 2.27. The lowest BCUT2D eigenvalue weighted by molar-refractivity contribution is 0.293. The van der Waals surface area contributed by atoms with Gasteiger partial charge < -0.3 is 9.88 Å². The van der Waals surface area contributed by atoms with Gasteiger partial charge in [0.05, 0.1) is 0 Å². The summed E-state index contributed by atoms with van der Waals surface area (Å²) in [6.07, 6.45) is 4.48. The van der Waals surface area contributed by atoms with Gasteiger partial charge in [-0.15, -0.1) is 0 Å². The molecule has 3 heteroatoms. The van der Waals surface area contributed by atoms with Crippen molar-refractivity contribution in [3.63, 3.8) is 0 Å². The van der Waals surface area contributed by atoms with E-state index in [4.69, 9.17) is 0 Å². The van der Waals surface area contributed by atoms with Crippen LogP contribution in [0.2, 0.25) is 0 Å². The molecular formula is C15H21BrN2. The van der Waals surface area contributed by atoms with E-state index in [1.165, 1.54) is 33.9 Å². The van der Waals surface area contributed by atoms with Crippen molar-refractivity contribution in [1.82, 2.24) is 9.88 Å². The highest BCUT2D eigenvalue weighted by molar-refractivity contribution is 9.10. The topological polar surface area (TPSA) is 19.0 Å². The number of nitrogens with one attached hydrogen (secondary N) is 1. The number of halogens is 1. The number of rotatable bonds is 6. The Morgan fingerprint density at radius 3 is 2.78 bits per heavy atom. The maximum atomic E-state index is 3.65. The molecule has 2 rings (SSSR count). The molecule has 0 saturated carbocycles. The van der Waals surface area contributed by atoms with E-state index in [2.05, 4.69) is 64.1 Å². The van der Waals surface area contributed by atoms with E-state index >= 15 is 0 Å². The third kappa shape index (κ3) is 2.96. The van der Waals surface area contributed by atoms with E-state index in [-0.39, 0.29) is 0 Å². The number of hydrogen-bond acceptors (Lipinski definition) is 1. The van der Waals surface area contributed by atoms with Crippen LogP contribution in [0, 0.1) is 0 Å². The largest absolute Gasteiger partial charge is 0.361 e. The number of nitrogens with zero attached hydrogens (tertiary/aromatic N) is 1. The molecule has 98 valence electrons. The van der Waals surface area contributed by atoms with Crippen LogP contribution in [0.4, 0.5) is 0 Å². The van der Waals surface area contributed by atoms with Crippen LogP contribution in [-0.2, 0) is 6.42 Å². The summed E-state index contributed by atoms with van der Waals surface area (Å²) >= 11 is 3.65. The van der Waals surface area contributed by atoms with Gasteiger partial charge in [-0.3, -0.25) is 0 Å². The van der Waals surface area contributed by atoms with E-state index in [1.807, 2.05) is 0 Å². The van der Waals surface area contributed by atoms with Gasteiger partial charge in [0.25, 0.3) is 0 Å². The van der Waals surface area contributed by atoms with Crippen LogP contribution < -0.4 is 0 Å². The predicted molar refractivity (Wildman–Crippen MR) is 82.1 cm³/mol. The average molecular weight is 309 g/mol. The van der Waals surface area contributed by atoms with Gasteiger partial charge in [-0.05, 0) is 43.6 Å². The second kappa shape index (κ2) is 6.39. The van der Waals surface area contributed by atoms with Crippen molar-refractivity contribution in [2.75, 3.05) is 19.6 Å². The number of aromatic nitrogens is 1. The Balaban J connectivity index is 2.12. The van der Waals surface area contributed by atoms with Crippen LogP contribution in [0.3, 0.4) is 0 Å². The molecule has 0 spiro atoms. The fourth-order valence-electron chi connectivity index (χ4n) is 2.43. The lowest BCUT2D eigenvalue weighted by Crippen LogP contribution is -2.26. The summed E-state index contributed by atoms with van der Waals surface area (Å²) in [6, 6.07) is 6.32. The van der Waals surface area contributed by atoms with Crippen LogP contribution in [0.5, 0.6) is 0 Å². The van der Waals surface area contributed by atoms with Crippen molar-refractivity contribution in [3.05, 3.63) is 34.4 Å². The maximum absolute atomic E-state index is 3.65. The molecule has 1 N–H and O–H groups in total. The van der Waals surface area contributed by atoms with E-state index in [0.29, 0.717) is 0 Å². The molecule has 1 aromatic heterocycles. The molecule has 0 fully saturated rings. The molecule has 0 aliphatic heterocycles. The molecule has 0 unspecified atom stereocenters. The minimum Gasteiger partial charge on any atom is -0.361 e. The van der Waals surface area contributed by atoms with Crippen molar-refractivity contribution in [1.29, 1.82) is 0 Å². The first-order valence-electron chi connectivity index (χ1n) is 6.73. The monoisotopic (exact) mass is 308 g/mol. The van der Waals surface area contributed by atoms with Gasteiger partial charge in [0.15, 0.2) is 0 Å². The zero-order valence-corrected chi connectivity index (χ0v) is 12.8. The zero-order chi connectivity index (χ0) is 13.0. The number of fused-ring (bicyclic) bond motifs is 1. The Labute approximate surface area is 118 Å². The van der Waals surface area contributed by atoms with Crippen LogP contribution in [0.25, 0.3) is 10.9 Å². The number of benzene rings is 1. The Bertz CT molecular complexity index is 504. The van der Waals surface area contributed by atoms with Gasteiger partial charge >= 0.3 is 0 Å². The average Bonchev–Trinajstić information content (AvgIpc) is 2.79. The fraction of sp³-hybridized carbons (Fsp3) is 0.467. The molecular weight excluding hydrogens is 288 g/mol. The van der Waals surface area contributed by atoms with Crippen LogP contribution in [-0.4, -0.2) is 29.5 Å². The smallest absolute Gasteiger partial charge is 0.0468 e. The van der Waals surface area contributed by atoms with Crippen molar-refractivity contribution < 1.29 is 0 Å². The normalized spacial score (nSPS) is 11.6. The lowest BCUT2D eigenvalue weighted by atomic mass is 10.1. The molecule has 0 amide bonds. The second-order valence-corrected chi connectivity index (χ2v) is 5.51. The Morgan fingerprint density at radius 2 is 2.06 bits per heavy atom. The molecule has 1 heterocycles. The standard InChI is InChI=1S/C15H21BrN2/c1-3-9-18(4-2)10-8-12-11-17-14-7-5-6-13(16)15(12)14/h5-7,11,17H,3-4,8-10H2,1-2H3. The van der Waals surface area contributed by atoms with Gasteiger partial charge in [0.1, 0.15) is 0 Å². The Morgan fingerprint density at radius 1 is 1.22 bits per heavy atom. The summed E-state index contributed by atoms with van der Waals surface area (Å²) in [6.45, 7) is 7.95. The summed E-state index contributed by atoms with van der Waals surface area (Å²) in [5, 5.41) is 1.34. The molecule has 0 bridgehead atoms. The van der Waals surface area contributed by atoms with Crippen molar-refractivity contribution in [3.8, 4) is 0 Å². The molecule has 0 aliphatic rings. The molecule has 18 heavy (non-hydrogen) atoms. The van der Waals surface area contributed by atoms with Gasteiger partial charge in [0, 0.05) is 28.1 Å². The lowest BCUT2D eigenvalue weighted by Gasteiger charge is -2.19. The minimum atomic E-state index is 1.11. The number of hydrogen-bond donors (Lipinski definition) is 1. The summed E-state index contributed by atoms with van der Waals surface area (Å²) in [7, 11) is 0. The Hall–Kier alpha value is -0.800. The van der Waals surface area contributed by atoms with E-state index < -0.39 is 0 Å². The van der Waals surface area contributed by atoms with Crippen LogP contribution >= 0.6 is 15.9 Å². The van der Waals surface area contributed by atoms with Crippen molar-refractivity contribution >= 4 is 26.8 Å². The van der Waals surface area contributed by atoms with Gasteiger partial charge in [0.2, 0.25) is 0 Å². The third-order valence-electron chi connectivity index (χ3n) is 3.42. The first-order valence-corrected chi connectivity index (χ1v) is 7.52. The zero-order valence-electron chi connectivity index (χ0n) is 11.2. The number of aromatic amines is 1. The summed E-state index contributed by atoms with van der Waals surface area (Å²) < 4.78 is 1.19. The summed E-state index contributed by atoms with van der Waals surface area (Å²) in [5.74, 6) is 0. The number of likely N-dealkylation sites (N-methyl/N-ethyl adjacent to an activating group) is 1. The quantitative estimate of drug-likeness (QED) is 0.847. The van der Waals surface area contributed by atoms with E-state index in [1.54, 1.807) is 0 Å². The van der Waals surface area contributed by atoms with E-state index in [0.717, 1.165) is 19.5 Å². The maximum Gasteiger partial charge on any atom is 0.0468 e. The first kappa shape index (κ1) is 13.6. The number of H-pyrrole nitrogens is 1. The molecule has 0 radical (unpaired) electrons. The van der Waals surface area contributed by atoms with Crippen molar-refractivity contribution in [2.24, 2.45) is 0 Å². The fourth-order valence-corrected chi connectivity index (χ4v) is 3.05. The van der Waals surface area contributed by atoms with Crippen molar-refractivity contribution in [2.45, 2.75) is 26.7 Å². The first-order chi connectivity index (χ1) is 8.76. The van der Waals surface area contributed by atoms with Gasteiger partial charge in [-0.25, -0.2) is 0 Å². The molecule has 1 aromatic carbocycles. The molecule has 0 saturated heterocycles. The second-order valence-electron chi connectivity index (χ2n) is 4.66. The van der Waals surface area contributed by atoms with Gasteiger partial charge in [-0.1, -0.05) is 35.8 Å². The highest BCUT2D eigenvalue weighted by atomic mass is 79.9. The van der Waals surface area contributed by atoms with Crippen LogP contribution in [0.1, 0.15) is 25.8 Å². The summed E-state index contributed by atoms with van der Waals surface area (Å²) in [4.78, 5) is 5.86. The molecule has 2 aromatic rings. The predicted octanol–water partition coefficient (Wildman–Crippen LogP) is 4.20. The SMILES string of the molecule is CCCN(CC)CCc1c[nH]c2cccc(Br)c12. The highest BCUT2D eigenvalue weighted by Gasteiger charge is 2.08.